The number of carbonyl (C=O) groups is 1. The summed E-state index contributed by atoms with van der Waals surface area (Å²) in [6.07, 6.45) is 0.886. The maximum atomic E-state index is 11.2. The summed E-state index contributed by atoms with van der Waals surface area (Å²) >= 11 is 0. The third-order valence-electron chi connectivity index (χ3n) is 4.09. The summed E-state index contributed by atoms with van der Waals surface area (Å²) in [5, 5.41) is 1.89. The Hall–Kier alpha value is -2.61. The fraction of sp³-hybridized carbons (Fsp3) is 0.190. The fourth-order valence-electron chi connectivity index (χ4n) is 2.68. The average molecular weight is 304 g/mol. The van der Waals surface area contributed by atoms with Crippen molar-refractivity contribution in [2.24, 2.45) is 0 Å². The van der Waals surface area contributed by atoms with Gasteiger partial charge < -0.3 is 4.74 Å². The molecule has 116 valence electrons. The van der Waals surface area contributed by atoms with Crippen molar-refractivity contribution >= 4 is 17.1 Å². The van der Waals surface area contributed by atoms with Gasteiger partial charge in [-0.15, -0.1) is 0 Å². The number of ether oxygens (including phenoxy) is 1. The summed E-state index contributed by atoms with van der Waals surface area (Å²) < 4.78 is 5.99. The van der Waals surface area contributed by atoms with Gasteiger partial charge in [-0.2, -0.15) is 0 Å². The molecule has 0 saturated carbocycles. The second-order valence-electron chi connectivity index (χ2n) is 6.00. The van der Waals surface area contributed by atoms with Crippen molar-refractivity contribution in [1.82, 2.24) is 0 Å². The van der Waals surface area contributed by atoms with Crippen LogP contribution in [0.4, 0.5) is 0 Å². The predicted molar refractivity (Wildman–Crippen MR) is 94.2 cm³/mol. The quantitative estimate of drug-likeness (QED) is 0.593. The molecule has 3 aromatic rings. The molecular weight excluding hydrogens is 284 g/mol. The molecule has 0 spiro atoms. The van der Waals surface area contributed by atoms with Crippen molar-refractivity contribution < 1.29 is 9.53 Å². The van der Waals surface area contributed by atoms with Gasteiger partial charge in [0.1, 0.15) is 12.4 Å². The average Bonchev–Trinajstić information content (AvgIpc) is 2.60. The van der Waals surface area contributed by atoms with Crippen molar-refractivity contribution in [1.29, 1.82) is 0 Å². The molecule has 3 rings (SSSR count). The van der Waals surface area contributed by atoms with Gasteiger partial charge >= 0.3 is 0 Å². The minimum absolute atomic E-state index is 0.517. The normalized spacial score (nSPS) is 10.9. The van der Waals surface area contributed by atoms with E-state index in [-0.39, 0.29) is 0 Å². The van der Waals surface area contributed by atoms with E-state index in [1.807, 2.05) is 36.4 Å². The van der Waals surface area contributed by atoms with Crippen LogP contribution < -0.4 is 4.74 Å². The van der Waals surface area contributed by atoms with Crippen molar-refractivity contribution in [2.45, 2.75) is 26.4 Å². The van der Waals surface area contributed by atoms with Crippen LogP contribution in [-0.4, -0.2) is 6.29 Å². The van der Waals surface area contributed by atoms with Crippen LogP contribution in [0.5, 0.6) is 5.75 Å². The minimum Gasteiger partial charge on any atom is -0.488 e. The van der Waals surface area contributed by atoms with Gasteiger partial charge in [0.15, 0.2) is 6.29 Å². The van der Waals surface area contributed by atoms with Gasteiger partial charge in [0.25, 0.3) is 0 Å². The molecule has 0 amide bonds. The Labute approximate surface area is 136 Å². The minimum atomic E-state index is 0.517. The van der Waals surface area contributed by atoms with E-state index in [1.165, 1.54) is 5.56 Å². The summed E-state index contributed by atoms with van der Waals surface area (Å²) in [7, 11) is 0. The highest BCUT2D eigenvalue weighted by molar-refractivity contribution is 6.00. The van der Waals surface area contributed by atoms with Gasteiger partial charge in [-0.05, 0) is 34.6 Å². The molecular formula is C21H20O2. The summed E-state index contributed by atoms with van der Waals surface area (Å²) in [5.41, 5.74) is 3.15. The molecule has 0 radical (unpaired) electrons. The summed E-state index contributed by atoms with van der Waals surface area (Å²) in [6.45, 7) is 4.89. The van der Waals surface area contributed by atoms with Crippen molar-refractivity contribution in [3.05, 3.63) is 77.4 Å². The van der Waals surface area contributed by atoms with Gasteiger partial charge in [-0.3, -0.25) is 4.79 Å². The fourth-order valence-corrected chi connectivity index (χ4v) is 2.68. The number of carbonyl (C=O) groups excluding carboxylic acids is 1. The lowest BCUT2D eigenvalue weighted by atomic mass is 10.0. The third kappa shape index (κ3) is 3.26. The molecule has 0 bridgehead atoms. The first-order valence-electron chi connectivity index (χ1n) is 7.87. The Morgan fingerprint density at radius 3 is 2.26 bits per heavy atom. The van der Waals surface area contributed by atoms with E-state index in [0.717, 1.165) is 28.4 Å². The van der Waals surface area contributed by atoms with Crippen LogP contribution >= 0.6 is 0 Å². The molecule has 0 atom stereocenters. The maximum Gasteiger partial charge on any atom is 0.150 e. The first-order chi connectivity index (χ1) is 11.2. The lowest BCUT2D eigenvalue weighted by Crippen LogP contribution is -1.97. The highest BCUT2D eigenvalue weighted by Crippen LogP contribution is 2.28. The second-order valence-corrected chi connectivity index (χ2v) is 6.00. The number of hydrogen-bond acceptors (Lipinski definition) is 2. The largest absolute Gasteiger partial charge is 0.488 e. The van der Waals surface area contributed by atoms with Crippen LogP contribution in [0.1, 0.15) is 41.3 Å². The molecule has 23 heavy (non-hydrogen) atoms. The zero-order chi connectivity index (χ0) is 16.2. The van der Waals surface area contributed by atoms with E-state index in [2.05, 4.69) is 38.1 Å². The molecule has 0 unspecified atom stereocenters. The smallest absolute Gasteiger partial charge is 0.150 e. The van der Waals surface area contributed by atoms with Gasteiger partial charge in [0.05, 0.1) is 0 Å². The molecule has 0 heterocycles. The van der Waals surface area contributed by atoms with E-state index in [1.54, 1.807) is 0 Å². The summed E-state index contributed by atoms with van der Waals surface area (Å²) in [5.74, 6) is 1.34. The predicted octanol–water partition coefficient (Wildman–Crippen LogP) is 5.35. The number of fused-ring (bicyclic) bond motifs is 1. The molecule has 3 aromatic carbocycles. The molecule has 2 nitrogen and oxygen atoms in total. The highest BCUT2D eigenvalue weighted by atomic mass is 16.5. The summed E-state index contributed by atoms with van der Waals surface area (Å²) in [4.78, 5) is 11.2. The molecule has 0 fully saturated rings. The van der Waals surface area contributed by atoms with Crippen LogP contribution in [0.3, 0.4) is 0 Å². The topological polar surface area (TPSA) is 26.3 Å². The first kappa shape index (κ1) is 15.3. The van der Waals surface area contributed by atoms with Crippen LogP contribution in [0.2, 0.25) is 0 Å². The zero-order valence-electron chi connectivity index (χ0n) is 13.5. The van der Waals surface area contributed by atoms with Crippen LogP contribution in [-0.2, 0) is 6.61 Å². The number of hydrogen-bond donors (Lipinski definition) is 0. The van der Waals surface area contributed by atoms with E-state index in [4.69, 9.17) is 4.74 Å². The lowest BCUT2D eigenvalue weighted by molar-refractivity contribution is 0.112. The molecule has 0 N–H and O–H groups in total. The van der Waals surface area contributed by atoms with Gasteiger partial charge in [-0.25, -0.2) is 0 Å². The zero-order valence-corrected chi connectivity index (χ0v) is 13.5. The Balaban J connectivity index is 1.83. The Kier molecular flexibility index (Phi) is 4.42. The van der Waals surface area contributed by atoms with Gasteiger partial charge in [0.2, 0.25) is 0 Å². The molecule has 0 aliphatic rings. The van der Waals surface area contributed by atoms with Gasteiger partial charge in [0, 0.05) is 10.9 Å². The van der Waals surface area contributed by atoms with E-state index in [0.29, 0.717) is 18.1 Å². The van der Waals surface area contributed by atoms with Crippen LogP contribution in [0.15, 0.2) is 60.7 Å². The Morgan fingerprint density at radius 2 is 1.61 bits per heavy atom. The molecule has 2 heteroatoms. The number of aldehydes is 1. The second kappa shape index (κ2) is 6.66. The van der Waals surface area contributed by atoms with E-state index in [9.17, 15) is 4.79 Å². The number of benzene rings is 3. The van der Waals surface area contributed by atoms with Gasteiger partial charge in [-0.1, -0.05) is 62.4 Å². The molecule has 0 saturated heterocycles. The molecule has 0 aromatic heterocycles. The molecule has 0 aliphatic heterocycles. The van der Waals surface area contributed by atoms with Crippen molar-refractivity contribution in [3.63, 3.8) is 0 Å². The van der Waals surface area contributed by atoms with E-state index >= 15 is 0 Å². The van der Waals surface area contributed by atoms with Crippen LogP contribution in [0, 0.1) is 0 Å². The maximum absolute atomic E-state index is 11.2. The highest BCUT2D eigenvalue weighted by Gasteiger charge is 2.06. The number of rotatable bonds is 5. The summed E-state index contributed by atoms with van der Waals surface area (Å²) in [6, 6.07) is 20.0. The monoisotopic (exact) mass is 304 g/mol. The lowest BCUT2D eigenvalue weighted by Gasteiger charge is -2.11. The standard InChI is InChI=1S/C21H20O2/c1-15(2)17-9-7-16(8-10-17)14-23-21-12-11-18(13-22)19-5-3-4-6-20(19)21/h3-13,15H,14H2,1-2H3. The Morgan fingerprint density at radius 1 is 0.913 bits per heavy atom. The van der Waals surface area contributed by atoms with Crippen LogP contribution in [0.25, 0.3) is 10.8 Å². The SMILES string of the molecule is CC(C)c1ccc(COc2ccc(C=O)c3ccccc23)cc1. The van der Waals surface area contributed by atoms with E-state index < -0.39 is 0 Å². The van der Waals surface area contributed by atoms with Crippen molar-refractivity contribution in [2.75, 3.05) is 0 Å². The third-order valence-corrected chi connectivity index (χ3v) is 4.09. The Bertz CT molecular complexity index is 817. The first-order valence-corrected chi connectivity index (χ1v) is 7.87. The molecule has 0 aliphatic carbocycles. The van der Waals surface area contributed by atoms with Crippen molar-refractivity contribution in [3.8, 4) is 5.75 Å².